The zero-order chi connectivity index (χ0) is 11.5. The summed E-state index contributed by atoms with van der Waals surface area (Å²) < 4.78 is 4.86. The largest absolute Gasteiger partial charge is 0.461 e. The first kappa shape index (κ1) is 10.6. The van der Waals surface area contributed by atoms with E-state index in [4.69, 9.17) is 16.0 Å². The summed E-state index contributed by atoms with van der Waals surface area (Å²) in [6.07, 6.45) is 1.81. The van der Waals surface area contributed by atoms with Crippen LogP contribution in [-0.4, -0.2) is 12.1 Å². The highest BCUT2D eigenvalue weighted by Gasteiger charge is 2.12. The molecule has 1 aromatic carbocycles. The Kier molecular flexibility index (Phi) is 2.88. The Morgan fingerprint density at radius 3 is 2.69 bits per heavy atom. The Morgan fingerprint density at radius 1 is 1.25 bits per heavy atom. The van der Waals surface area contributed by atoms with E-state index < -0.39 is 0 Å². The van der Waals surface area contributed by atoms with E-state index in [0.717, 1.165) is 0 Å². The fraction of sp³-hybridized carbons (Fsp3) is 0. The topological polar surface area (TPSA) is 47.3 Å². The van der Waals surface area contributed by atoms with Gasteiger partial charge in [-0.15, -0.1) is 0 Å². The third kappa shape index (κ3) is 2.04. The van der Waals surface area contributed by atoms with Gasteiger partial charge in [0, 0.05) is 10.6 Å². The lowest BCUT2D eigenvalue weighted by Gasteiger charge is -1.97. The van der Waals surface area contributed by atoms with Gasteiger partial charge in [-0.25, -0.2) is 0 Å². The van der Waals surface area contributed by atoms with Crippen LogP contribution in [0.2, 0.25) is 5.02 Å². The Labute approximate surface area is 96.6 Å². The number of halogens is 1. The van der Waals surface area contributed by atoms with Gasteiger partial charge >= 0.3 is 0 Å². The first-order valence-corrected chi connectivity index (χ1v) is 4.92. The highest BCUT2D eigenvalue weighted by Crippen LogP contribution is 2.16. The smallest absolute Gasteiger partial charge is 0.196 e. The predicted octanol–water partition coefficient (Wildman–Crippen LogP) is 2.98. The van der Waals surface area contributed by atoms with E-state index in [9.17, 15) is 9.59 Å². The Hall–Kier alpha value is -1.87. The molecule has 3 nitrogen and oxygen atoms in total. The lowest BCUT2D eigenvalue weighted by molar-refractivity contribution is 0.103. The molecule has 1 heterocycles. The molecule has 0 saturated carbocycles. The SMILES string of the molecule is O=Cc1cc(C(=O)c2cccc(Cl)c2)co1. The van der Waals surface area contributed by atoms with Crippen LogP contribution in [-0.2, 0) is 0 Å². The van der Waals surface area contributed by atoms with Crippen molar-refractivity contribution in [3.05, 3.63) is 58.5 Å². The van der Waals surface area contributed by atoms with Gasteiger partial charge < -0.3 is 4.42 Å². The van der Waals surface area contributed by atoms with E-state index in [0.29, 0.717) is 22.4 Å². The second-order valence-electron chi connectivity index (χ2n) is 3.20. The van der Waals surface area contributed by atoms with Crippen molar-refractivity contribution in [3.8, 4) is 0 Å². The third-order valence-corrected chi connectivity index (χ3v) is 2.32. The summed E-state index contributed by atoms with van der Waals surface area (Å²) in [5, 5.41) is 0.491. The van der Waals surface area contributed by atoms with Crippen molar-refractivity contribution < 1.29 is 14.0 Å². The van der Waals surface area contributed by atoms with Crippen LogP contribution in [0.15, 0.2) is 41.0 Å². The molecule has 4 heteroatoms. The van der Waals surface area contributed by atoms with E-state index in [1.165, 1.54) is 12.3 Å². The number of hydrogen-bond acceptors (Lipinski definition) is 3. The van der Waals surface area contributed by atoms with Gasteiger partial charge in [-0.05, 0) is 18.2 Å². The van der Waals surface area contributed by atoms with Crippen LogP contribution < -0.4 is 0 Å². The molecule has 0 fully saturated rings. The molecule has 0 radical (unpaired) electrons. The van der Waals surface area contributed by atoms with E-state index in [1.54, 1.807) is 24.3 Å². The van der Waals surface area contributed by atoms with Crippen LogP contribution in [0, 0.1) is 0 Å². The zero-order valence-electron chi connectivity index (χ0n) is 8.14. The second kappa shape index (κ2) is 4.33. The van der Waals surface area contributed by atoms with Crippen molar-refractivity contribution in [2.24, 2.45) is 0 Å². The van der Waals surface area contributed by atoms with E-state index in [-0.39, 0.29) is 11.5 Å². The maximum atomic E-state index is 11.9. The van der Waals surface area contributed by atoms with E-state index in [1.807, 2.05) is 0 Å². The van der Waals surface area contributed by atoms with Crippen LogP contribution >= 0.6 is 11.6 Å². The Morgan fingerprint density at radius 2 is 2.06 bits per heavy atom. The molecule has 16 heavy (non-hydrogen) atoms. The lowest BCUT2D eigenvalue weighted by atomic mass is 10.1. The van der Waals surface area contributed by atoms with Crippen molar-refractivity contribution in [1.29, 1.82) is 0 Å². The second-order valence-corrected chi connectivity index (χ2v) is 3.63. The van der Waals surface area contributed by atoms with Crippen LogP contribution in [0.4, 0.5) is 0 Å². The van der Waals surface area contributed by atoms with Gasteiger partial charge in [-0.2, -0.15) is 0 Å². The summed E-state index contributed by atoms with van der Waals surface area (Å²) in [5.41, 5.74) is 0.801. The quantitative estimate of drug-likeness (QED) is 0.606. The van der Waals surface area contributed by atoms with Crippen molar-refractivity contribution in [3.63, 3.8) is 0 Å². The van der Waals surface area contributed by atoms with Crippen LogP contribution in [0.5, 0.6) is 0 Å². The maximum Gasteiger partial charge on any atom is 0.196 e. The molecule has 2 aromatic rings. The summed E-state index contributed by atoms with van der Waals surface area (Å²) in [4.78, 5) is 22.3. The Balaban J connectivity index is 2.35. The minimum atomic E-state index is -0.223. The average molecular weight is 235 g/mol. The molecule has 0 aliphatic carbocycles. The lowest BCUT2D eigenvalue weighted by Crippen LogP contribution is -1.98. The van der Waals surface area contributed by atoms with E-state index >= 15 is 0 Å². The average Bonchev–Trinajstić information content (AvgIpc) is 2.76. The predicted molar refractivity (Wildman–Crippen MR) is 59.0 cm³/mol. The molecule has 0 atom stereocenters. The number of rotatable bonds is 3. The van der Waals surface area contributed by atoms with Crippen molar-refractivity contribution >= 4 is 23.7 Å². The van der Waals surface area contributed by atoms with Gasteiger partial charge in [-0.1, -0.05) is 23.7 Å². The minimum absolute atomic E-state index is 0.130. The van der Waals surface area contributed by atoms with Gasteiger partial charge in [0.2, 0.25) is 0 Å². The third-order valence-electron chi connectivity index (χ3n) is 2.08. The Bertz CT molecular complexity index is 543. The highest BCUT2D eigenvalue weighted by atomic mass is 35.5. The molecule has 0 bridgehead atoms. The molecule has 0 N–H and O–H groups in total. The molecule has 1 aromatic heterocycles. The van der Waals surface area contributed by atoms with Gasteiger partial charge in [0.25, 0.3) is 0 Å². The van der Waals surface area contributed by atoms with Gasteiger partial charge in [0.15, 0.2) is 17.8 Å². The number of hydrogen-bond donors (Lipinski definition) is 0. The standard InChI is InChI=1S/C12H7ClO3/c13-10-3-1-2-8(4-10)12(15)9-5-11(6-14)16-7-9/h1-7H. The number of benzene rings is 1. The first-order valence-electron chi connectivity index (χ1n) is 4.54. The first-order chi connectivity index (χ1) is 7.70. The van der Waals surface area contributed by atoms with Gasteiger partial charge in [0.1, 0.15) is 6.26 Å². The number of furan rings is 1. The van der Waals surface area contributed by atoms with Crippen molar-refractivity contribution in [2.75, 3.05) is 0 Å². The molecule has 2 rings (SSSR count). The molecular formula is C12H7ClO3. The molecule has 0 unspecified atom stereocenters. The van der Waals surface area contributed by atoms with Gasteiger partial charge in [-0.3, -0.25) is 9.59 Å². The van der Waals surface area contributed by atoms with Crippen molar-refractivity contribution in [2.45, 2.75) is 0 Å². The summed E-state index contributed by atoms with van der Waals surface area (Å²) in [6, 6.07) is 8.00. The maximum absolute atomic E-state index is 11.9. The summed E-state index contributed by atoms with van der Waals surface area (Å²) in [6.45, 7) is 0. The molecule has 0 aliphatic rings. The van der Waals surface area contributed by atoms with Crippen LogP contribution in [0.3, 0.4) is 0 Å². The van der Waals surface area contributed by atoms with Gasteiger partial charge in [0.05, 0.1) is 5.56 Å². The van der Waals surface area contributed by atoms with Crippen LogP contribution in [0.1, 0.15) is 26.5 Å². The number of aldehydes is 1. The zero-order valence-corrected chi connectivity index (χ0v) is 8.90. The molecule has 0 spiro atoms. The molecule has 0 amide bonds. The fourth-order valence-electron chi connectivity index (χ4n) is 1.33. The molecule has 80 valence electrons. The summed E-state index contributed by atoms with van der Waals surface area (Å²) in [5.74, 6) is -0.0928. The number of carbonyl (C=O) groups excluding carboxylic acids is 2. The number of carbonyl (C=O) groups is 2. The minimum Gasteiger partial charge on any atom is -0.461 e. The fourth-order valence-corrected chi connectivity index (χ4v) is 1.52. The molecule has 0 saturated heterocycles. The summed E-state index contributed by atoms with van der Waals surface area (Å²) in [7, 11) is 0. The van der Waals surface area contributed by atoms with Crippen molar-refractivity contribution in [1.82, 2.24) is 0 Å². The number of ketones is 1. The summed E-state index contributed by atoms with van der Waals surface area (Å²) >= 11 is 5.78. The molecular weight excluding hydrogens is 228 g/mol. The normalized spacial score (nSPS) is 10.1. The van der Waals surface area contributed by atoms with Crippen LogP contribution in [0.25, 0.3) is 0 Å². The van der Waals surface area contributed by atoms with E-state index in [2.05, 4.69) is 0 Å². The molecule has 0 aliphatic heterocycles. The highest BCUT2D eigenvalue weighted by molar-refractivity contribution is 6.31. The monoisotopic (exact) mass is 234 g/mol.